The molecule has 0 aromatic carbocycles. The van der Waals surface area contributed by atoms with E-state index in [1.165, 1.54) is 6.19 Å². The predicted octanol–water partition coefficient (Wildman–Crippen LogP) is -1.14. The summed E-state index contributed by atoms with van der Waals surface area (Å²) in [6, 6.07) is -0.512. The van der Waals surface area contributed by atoms with E-state index in [9.17, 15) is 9.59 Å². The molecule has 1 atom stereocenters. The molecule has 1 rings (SSSR count). The summed E-state index contributed by atoms with van der Waals surface area (Å²) >= 11 is 0. The Balaban J connectivity index is 2.44. The van der Waals surface area contributed by atoms with Crippen LogP contribution in [0, 0.1) is 11.5 Å². The molecule has 58 valence electrons. The Morgan fingerprint density at radius 3 is 3.00 bits per heavy atom. The molecular formula is C6H7N3O2. The Morgan fingerprint density at radius 2 is 2.55 bits per heavy atom. The summed E-state index contributed by atoms with van der Waals surface area (Å²) in [5.74, 6) is -0.568. The summed E-state index contributed by atoms with van der Waals surface area (Å²) in [4.78, 5) is 21.4. The molecule has 0 radical (unpaired) electrons. The second-order valence-corrected chi connectivity index (χ2v) is 2.26. The maximum Gasteiger partial charge on any atom is 0.255 e. The van der Waals surface area contributed by atoms with Crippen LogP contribution in [0.15, 0.2) is 0 Å². The minimum atomic E-state index is -0.512. The van der Waals surface area contributed by atoms with E-state index in [0.29, 0.717) is 12.8 Å². The zero-order chi connectivity index (χ0) is 8.27. The SMILES string of the molecule is N#CNC(=O)[C@H]1CCC(=O)N1. The average molecular weight is 153 g/mol. The summed E-state index contributed by atoms with van der Waals surface area (Å²) in [5.41, 5.74) is 0. The number of hydrogen-bond acceptors (Lipinski definition) is 3. The largest absolute Gasteiger partial charge is 0.344 e. The van der Waals surface area contributed by atoms with Gasteiger partial charge in [0.2, 0.25) is 5.91 Å². The van der Waals surface area contributed by atoms with Crippen molar-refractivity contribution in [2.45, 2.75) is 18.9 Å². The minimum absolute atomic E-state index is 0.136. The van der Waals surface area contributed by atoms with E-state index in [1.807, 2.05) is 5.32 Å². The molecule has 0 unspecified atom stereocenters. The normalized spacial score (nSPS) is 22.1. The van der Waals surface area contributed by atoms with Gasteiger partial charge in [-0.05, 0) is 6.42 Å². The molecule has 1 aliphatic rings. The second-order valence-electron chi connectivity index (χ2n) is 2.26. The zero-order valence-corrected chi connectivity index (χ0v) is 5.76. The molecule has 2 N–H and O–H groups in total. The summed E-state index contributed by atoms with van der Waals surface area (Å²) in [6.07, 6.45) is 2.35. The molecule has 1 fully saturated rings. The van der Waals surface area contributed by atoms with Crippen molar-refractivity contribution in [2.75, 3.05) is 0 Å². The monoisotopic (exact) mass is 153 g/mol. The Bertz CT molecular complexity index is 230. The lowest BCUT2D eigenvalue weighted by Gasteiger charge is -2.04. The van der Waals surface area contributed by atoms with E-state index in [2.05, 4.69) is 5.32 Å². The van der Waals surface area contributed by atoms with Crippen LogP contribution in [-0.2, 0) is 9.59 Å². The summed E-state index contributed by atoms with van der Waals surface area (Å²) < 4.78 is 0. The molecule has 5 nitrogen and oxygen atoms in total. The van der Waals surface area contributed by atoms with Crippen molar-refractivity contribution in [3.05, 3.63) is 0 Å². The van der Waals surface area contributed by atoms with E-state index >= 15 is 0 Å². The fourth-order valence-corrected chi connectivity index (χ4v) is 0.953. The molecule has 1 saturated heterocycles. The number of nitrogens with one attached hydrogen (secondary N) is 2. The first-order valence-electron chi connectivity index (χ1n) is 3.22. The highest BCUT2D eigenvalue weighted by Crippen LogP contribution is 2.05. The van der Waals surface area contributed by atoms with Gasteiger partial charge in [-0.3, -0.25) is 14.9 Å². The number of amides is 2. The third-order valence-corrected chi connectivity index (χ3v) is 1.49. The first-order valence-corrected chi connectivity index (χ1v) is 3.22. The molecule has 0 saturated carbocycles. The highest BCUT2D eigenvalue weighted by Gasteiger charge is 2.26. The van der Waals surface area contributed by atoms with Gasteiger partial charge in [-0.1, -0.05) is 0 Å². The smallest absolute Gasteiger partial charge is 0.255 e. The van der Waals surface area contributed by atoms with Crippen LogP contribution in [0.4, 0.5) is 0 Å². The van der Waals surface area contributed by atoms with Crippen LogP contribution in [0.5, 0.6) is 0 Å². The van der Waals surface area contributed by atoms with Gasteiger partial charge in [-0.2, -0.15) is 5.26 Å². The molecule has 11 heavy (non-hydrogen) atoms. The fraction of sp³-hybridized carbons (Fsp3) is 0.500. The standard InChI is InChI=1S/C6H7N3O2/c7-3-8-6(11)4-1-2-5(10)9-4/h4H,1-2H2,(H,8,11)(H,9,10)/t4-/m1/s1. The van der Waals surface area contributed by atoms with E-state index < -0.39 is 11.9 Å². The van der Waals surface area contributed by atoms with Gasteiger partial charge in [0.15, 0.2) is 6.19 Å². The molecule has 0 aliphatic carbocycles. The summed E-state index contributed by atoms with van der Waals surface area (Å²) in [5, 5.41) is 12.5. The number of rotatable bonds is 1. The Hall–Kier alpha value is -1.57. The Morgan fingerprint density at radius 1 is 1.82 bits per heavy atom. The maximum atomic E-state index is 10.8. The van der Waals surface area contributed by atoms with Crippen molar-refractivity contribution < 1.29 is 9.59 Å². The molecule has 0 spiro atoms. The Labute approximate surface area is 63.4 Å². The van der Waals surface area contributed by atoms with Gasteiger partial charge < -0.3 is 5.32 Å². The van der Waals surface area contributed by atoms with Crippen molar-refractivity contribution in [3.63, 3.8) is 0 Å². The topological polar surface area (TPSA) is 82.0 Å². The predicted molar refractivity (Wildman–Crippen MR) is 34.9 cm³/mol. The van der Waals surface area contributed by atoms with E-state index in [-0.39, 0.29) is 5.91 Å². The van der Waals surface area contributed by atoms with Crippen molar-refractivity contribution >= 4 is 11.8 Å². The third-order valence-electron chi connectivity index (χ3n) is 1.49. The van der Waals surface area contributed by atoms with Crippen LogP contribution in [-0.4, -0.2) is 17.9 Å². The highest BCUT2D eigenvalue weighted by atomic mass is 16.2. The van der Waals surface area contributed by atoms with Crippen LogP contribution in [0.2, 0.25) is 0 Å². The third kappa shape index (κ3) is 1.67. The van der Waals surface area contributed by atoms with Gasteiger partial charge in [-0.15, -0.1) is 0 Å². The minimum Gasteiger partial charge on any atom is -0.344 e. The van der Waals surface area contributed by atoms with Crippen molar-refractivity contribution in [2.24, 2.45) is 0 Å². The van der Waals surface area contributed by atoms with Crippen LogP contribution in [0.3, 0.4) is 0 Å². The van der Waals surface area contributed by atoms with Gasteiger partial charge in [0.05, 0.1) is 0 Å². The van der Waals surface area contributed by atoms with Crippen LogP contribution < -0.4 is 10.6 Å². The van der Waals surface area contributed by atoms with Crippen molar-refractivity contribution in [1.29, 1.82) is 5.26 Å². The van der Waals surface area contributed by atoms with Gasteiger partial charge in [0.1, 0.15) is 6.04 Å². The van der Waals surface area contributed by atoms with Gasteiger partial charge >= 0.3 is 0 Å². The van der Waals surface area contributed by atoms with E-state index in [4.69, 9.17) is 5.26 Å². The lowest BCUT2D eigenvalue weighted by molar-refractivity contribution is -0.125. The molecular weight excluding hydrogens is 146 g/mol. The van der Waals surface area contributed by atoms with Crippen LogP contribution in [0.25, 0.3) is 0 Å². The van der Waals surface area contributed by atoms with Crippen molar-refractivity contribution in [1.82, 2.24) is 10.6 Å². The molecule has 0 bridgehead atoms. The first-order chi connectivity index (χ1) is 5.24. The zero-order valence-electron chi connectivity index (χ0n) is 5.76. The fourth-order valence-electron chi connectivity index (χ4n) is 0.953. The lowest BCUT2D eigenvalue weighted by Crippen LogP contribution is -2.39. The molecule has 0 aromatic heterocycles. The van der Waals surface area contributed by atoms with Crippen LogP contribution >= 0.6 is 0 Å². The molecule has 1 heterocycles. The van der Waals surface area contributed by atoms with E-state index in [1.54, 1.807) is 0 Å². The molecule has 2 amide bonds. The number of carbonyl (C=O) groups is 2. The van der Waals surface area contributed by atoms with Crippen LogP contribution in [0.1, 0.15) is 12.8 Å². The number of hydrogen-bond donors (Lipinski definition) is 2. The highest BCUT2D eigenvalue weighted by molar-refractivity contribution is 5.91. The number of nitrogens with zero attached hydrogens (tertiary/aromatic N) is 1. The Kier molecular flexibility index (Phi) is 2.06. The first kappa shape index (κ1) is 7.54. The molecule has 0 aromatic rings. The number of nitriles is 1. The molecule has 1 aliphatic heterocycles. The lowest BCUT2D eigenvalue weighted by atomic mass is 10.2. The summed E-state index contributed by atoms with van der Waals surface area (Å²) in [6.45, 7) is 0. The van der Waals surface area contributed by atoms with Gasteiger partial charge in [-0.25, -0.2) is 0 Å². The van der Waals surface area contributed by atoms with Gasteiger partial charge in [0, 0.05) is 6.42 Å². The second kappa shape index (κ2) is 3.01. The van der Waals surface area contributed by atoms with E-state index in [0.717, 1.165) is 0 Å². The average Bonchev–Trinajstić information content (AvgIpc) is 2.36. The van der Waals surface area contributed by atoms with Gasteiger partial charge in [0.25, 0.3) is 5.91 Å². The summed E-state index contributed by atoms with van der Waals surface area (Å²) in [7, 11) is 0. The quantitative estimate of drug-likeness (QED) is 0.369. The molecule has 5 heteroatoms. The van der Waals surface area contributed by atoms with Crippen molar-refractivity contribution in [3.8, 4) is 6.19 Å². The number of carbonyl (C=O) groups excluding carboxylic acids is 2. The maximum absolute atomic E-state index is 10.8.